The molecule has 0 radical (unpaired) electrons. The van der Waals surface area contributed by atoms with Gasteiger partial charge in [-0.15, -0.1) is 10.2 Å². The summed E-state index contributed by atoms with van der Waals surface area (Å²) in [6.45, 7) is 2.23. The third kappa shape index (κ3) is 5.10. The van der Waals surface area contributed by atoms with E-state index in [4.69, 9.17) is 4.74 Å². The first-order valence-electron chi connectivity index (χ1n) is 7.03. The molecule has 0 saturated heterocycles. The summed E-state index contributed by atoms with van der Waals surface area (Å²) in [4.78, 5) is 22.7. The monoisotopic (exact) mass is 334 g/mol. The van der Waals surface area contributed by atoms with E-state index in [1.54, 1.807) is 0 Å². The van der Waals surface area contributed by atoms with Crippen LogP contribution < -0.4 is 5.32 Å². The van der Waals surface area contributed by atoms with E-state index in [9.17, 15) is 9.59 Å². The molecule has 1 amide bonds. The Hall–Kier alpha value is -2.35. The lowest BCUT2D eigenvalue weighted by molar-refractivity contribution is -0.145. The van der Waals surface area contributed by atoms with Crippen LogP contribution in [-0.4, -0.2) is 46.0 Å². The molecule has 1 aromatic heterocycles. The Balaban J connectivity index is 1.93. The van der Waals surface area contributed by atoms with E-state index in [1.165, 1.54) is 18.8 Å². The van der Waals surface area contributed by atoms with Crippen molar-refractivity contribution in [1.29, 1.82) is 0 Å². The molecule has 0 atom stereocenters. The van der Waals surface area contributed by atoms with Crippen molar-refractivity contribution >= 4 is 23.6 Å². The van der Waals surface area contributed by atoms with Gasteiger partial charge in [-0.25, -0.2) is 0 Å². The van der Waals surface area contributed by atoms with Gasteiger partial charge in [0.15, 0.2) is 11.8 Å². The number of aromatic nitrogens is 3. The molecule has 1 N–H and O–H groups in total. The molecular weight excluding hydrogens is 316 g/mol. The number of esters is 1. The smallest absolute Gasteiger partial charge is 0.316 e. The zero-order chi connectivity index (χ0) is 16.7. The predicted octanol–water partition coefficient (Wildman–Crippen LogP) is 1.02. The van der Waals surface area contributed by atoms with Gasteiger partial charge in [0.1, 0.15) is 5.82 Å². The lowest BCUT2D eigenvalue weighted by atomic mass is 10.2. The van der Waals surface area contributed by atoms with E-state index < -0.39 is 5.97 Å². The Kier molecular flexibility index (Phi) is 6.16. The molecule has 0 fully saturated rings. The van der Waals surface area contributed by atoms with Crippen molar-refractivity contribution in [2.75, 3.05) is 19.4 Å². The average molecular weight is 334 g/mol. The standard InChI is InChI=1S/C15H18N4O3S/c1-11-17-18-15(19(11)8-12-6-4-3-5-7-12)23-10-14(21)22-9-13(20)16-2/h3-7H,8-10H2,1-2H3,(H,16,20). The molecule has 122 valence electrons. The molecule has 8 heteroatoms. The second kappa shape index (κ2) is 8.33. The molecular formula is C15H18N4O3S. The van der Waals surface area contributed by atoms with Crippen molar-refractivity contribution in [1.82, 2.24) is 20.1 Å². The van der Waals surface area contributed by atoms with Crippen LogP contribution in [-0.2, 0) is 20.9 Å². The molecule has 0 saturated carbocycles. The van der Waals surface area contributed by atoms with Gasteiger partial charge in [-0.2, -0.15) is 0 Å². The second-order valence-corrected chi connectivity index (χ2v) is 5.67. The number of aryl methyl sites for hydroxylation is 1. The Bertz CT molecular complexity index is 673. The van der Waals surface area contributed by atoms with E-state index in [0.717, 1.165) is 11.4 Å². The Morgan fingerprint density at radius 2 is 2.00 bits per heavy atom. The third-order valence-electron chi connectivity index (χ3n) is 3.05. The summed E-state index contributed by atoms with van der Waals surface area (Å²) in [5, 5.41) is 11.2. The largest absolute Gasteiger partial charge is 0.455 e. The minimum absolute atomic E-state index is 0.0733. The van der Waals surface area contributed by atoms with Gasteiger partial charge >= 0.3 is 5.97 Å². The van der Waals surface area contributed by atoms with Gasteiger partial charge in [0, 0.05) is 7.05 Å². The van der Waals surface area contributed by atoms with E-state index in [1.807, 2.05) is 41.8 Å². The van der Waals surface area contributed by atoms with Crippen LogP contribution in [0.25, 0.3) is 0 Å². The summed E-state index contributed by atoms with van der Waals surface area (Å²) in [6, 6.07) is 9.94. The van der Waals surface area contributed by atoms with Crippen molar-refractivity contribution < 1.29 is 14.3 Å². The highest BCUT2D eigenvalue weighted by atomic mass is 32.2. The van der Waals surface area contributed by atoms with Crippen LogP contribution in [0.1, 0.15) is 11.4 Å². The van der Waals surface area contributed by atoms with E-state index in [2.05, 4.69) is 15.5 Å². The van der Waals surface area contributed by atoms with Gasteiger partial charge in [0.05, 0.1) is 12.3 Å². The lowest BCUT2D eigenvalue weighted by Gasteiger charge is -2.08. The van der Waals surface area contributed by atoms with Crippen molar-refractivity contribution in [2.24, 2.45) is 0 Å². The van der Waals surface area contributed by atoms with E-state index in [-0.39, 0.29) is 18.3 Å². The van der Waals surface area contributed by atoms with Gasteiger partial charge in [0.25, 0.3) is 5.91 Å². The van der Waals surface area contributed by atoms with Crippen LogP contribution in [0.5, 0.6) is 0 Å². The number of hydrogen-bond acceptors (Lipinski definition) is 6. The summed E-state index contributed by atoms with van der Waals surface area (Å²) in [5.74, 6) is 0.0382. The molecule has 0 bridgehead atoms. The van der Waals surface area contributed by atoms with Crippen molar-refractivity contribution in [3.63, 3.8) is 0 Å². The van der Waals surface area contributed by atoms with Crippen molar-refractivity contribution in [3.8, 4) is 0 Å². The maximum absolute atomic E-state index is 11.6. The molecule has 0 aliphatic rings. The van der Waals surface area contributed by atoms with Gasteiger partial charge in [-0.1, -0.05) is 42.1 Å². The number of nitrogens with zero attached hydrogens (tertiary/aromatic N) is 3. The number of thioether (sulfide) groups is 1. The summed E-state index contributed by atoms with van der Waals surface area (Å²) in [5.41, 5.74) is 1.12. The highest BCUT2D eigenvalue weighted by Crippen LogP contribution is 2.18. The Morgan fingerprint density at radius 3 is 2.70 bits per heavy atom. The van der Waals surface area contributed by atoms with Crippen molar-refractivity contribution in [2.45, 2.75) is 18.6 Å². The topological polar surface area (TPSA) is 86.1 Å². The number of ether oxygens (including phenoxy) is 1. The highest BCUT2D eigenvalue weighted by molar-refractivity contribution is 7.99. The number of carbonyl (C=O) groups excluding carboxylic acids is 2. The predicted molar refractivity (Wildman–Crippen MR) is 86.1 cm³/mol. The molecule has 0 aliphatic carbocycles. The fourth-order valence-corrected chi connectivity index (χ4v) is 2.58. The molecule has 2 aromatic rings. The molecule has 2 rings (SSSR count). The fourth-order valence-electron chi connectivity index (χ4n) is 1.80. The Morgan fingerprint density at radius 1 is 1.26 bits per heavy atom. The first kappa shape index (κ1) is 17.0. The summed E-state index contributed by atoms with van der Waals surface area (Å²) in [6.07, 6.45) is 0. The molecule has 0 unspecified atom stereocenters. The van der Waals surface area contributed by atoms with Gasteiger partial charge in [-0.05, 0) is 12.5 Å². The number of carbonyl (C=O) groups is 2. The van der Waals surface area contributed by atoms with Crippen LogP contribution in [0.2, 0.25) is 0 Å². The minimum atomic E-state index is -0.467. The number of amides is 1. The summed E-state index contributed by atoms with van der Waals surface area (Å²) in [7, 11) is 1.49. The number of benzene rings is 1. The summed E-state index contributed by atoms with van der Waals surface area (Å²) < 4.78 is 6.79. The number of rotatable bonds is 7. The average Bonchev–Trinajstić information content (AvgIpc) is 2.92. The van der Waals surface area contributed by atoms with Crippen LogP contribution in [0.15, 0.2) is 35.5 Å². The quantitative estimate of drug-likeness (QED) is 0.601. The van der Waals surface area contributed by atoms with Crippen LogP contribution in [0.4, 0.5) is 0 Å². The molecule has 7 nitrogen and oxygen atoms in total. The van der Waals surface area contributed by atoms with Crippen molar-refractivity contribution in [3.05, 3.63) is 41.7 Å². The van der Waals surface area contributed by atoms with Crippen LogP contribution in [0.3, 0.4) is 0 Å². The highest BCUT2D eigenvalue weighted by Gasteiger charge is 2.13. The Labute approximate surface area is 138 Å². The zero-order valence-corrected chi connectivity index (χ0v) is 13.8. The normalized spacial score (nSPS) is 10.3. The number of likely N-dealkylation sites (N-methyl/N-ethyl adjacent to an activating group) is 1. The third-order valence-corrected chi connectivity index (χ3v) is 3.99. The van der Waals surface area contributed by atoms with Gasteiger partial charge < -0.3 is 14.6 Å². The van der Waals surface area contributed by atoms with Crippen LogP contribution in [0, 0.1) is 6.92 Å². The maximum Gasteiger partial charge on any atom is 0.316 e. The fraction of sp³-hybridized carbons (Fsp3) is 0.333. The molecule has 0 spiro atoms. The molecule has 0 aliphatic heterocycles. The van der Waals surface area contributed by atoms with Gasteiger partial charge in [0.2, 0.25) is 0 Å². The molecule has 23 heavy (non-hydrogen) atoms. The lowest BCUT2D eigenvalue weighted by Crippen LogP contribution is -2.25. The molecule has 1 heterocycles. The number of hydrogen-bond donors (Lipinski definition) is 1. The summed E-state index contributed by atoms with van der Waals surface area (Å²) >= 11 is 1.24. The minimum Gasteiger partial charge on any atom is -0.455 e. The maximum atomic E-state index is 11.6. The second-order valence-electron chi connectivity index (χ2n) is 4.72. The first-order chi connectivity index (χ1) is 11.1. The van der Waals surface area contributed by atoms with Crippen LogP contribution >= 0.6 is 11.8 Å². The number of nitrogens with one attached hydrogen (secondary N) is 1. The van der Waals surface area contributed by atoms with E-state index in [0.29, 0.717) is 11.7 Å². The van der Waals surface area contributed by atoms with Gasteiger partial charge in [-0.3, -0.25) is 9.59 Å². The first-order valence-corrected chi connectivity index (χ1v) is 8.01. The molecule has 1 aromatic carbocycles. The zero-order valence-electron chi connectivity index (χ0n) is 13.0. The van der Waals surface area contributed by atoms with E-state index >= 15 is 0 Å². The SMILES string of the molecule is CNC(=O)COC(=O)CSc1nnc(C)n1Cc1ccccc1.